The summed E-state index contributed by atoms with van der Waals surface area (Å²) < 4.78 is 10.7. The van der Waals surface area contributed by atoms with E-state index in [1.165, 1.54) is 24.3 Å². The zero-order valence-corrected chi connectivity index (χ0v) is 15.4. The highest BCUT2D eigenvalue weighted by molar-refractivity contribution is 5.42. The summed E-state index contributed by atoms with van der Waals surface area (Å²) in [6.07, 6.45) is -6.20. The average Bonchev–Trinajstić information content (AvgIpc) is 2.69. The molecule has 0 aliphatic carbocycles. The second kappa shape index (κ2) is 8.85. The minimum absolute atomic E-state index is 0.0351. The molecule has 1 aliphatic rings. The minimum Gasteiger partial charge on any atom is -0.508 e. The number of phenolic OH excluding ortho intramolecular Hbond substituents is 3. The smallest absolute Gasteiger partial charge is 0.229 e. The largest absolute Gasteiger partial charge is 0.508 e. The number of aromatic hydroxyl groups is 3. The summed E-state index contributed by atoms with van der Waals surface area (Å²) in [7, 11) is 0. The Kier molecular flexibility index (Phi) is 6.46. The quantitative estimate of drug-likeness (QED) is 0.342. The molecule has 158 valence electrons. The van der Waals surface area contributed by atoms with Gasteiger partial charge in [0.1, 0.15) is 47.4 Å². The highest BCUT2D eigenvalue weighted by Gasteiger charge is 2.44. The molecule has 1 saturated heterocycles. The number of aryl methyl sites for hydroxylation is 2. The standard InChI is InChI=1S/C20H24O9/c21-9-16-17(25)18(26)19(27)20(29-16)28-13-6-4-11(15(24)8-13)2-1-10-3-5-12(22)7-14(10)23/h3-8,16-27H,1-2,9H2/t16-,17-,18+,19-,20-/m1/s1. The van der Waals surface area contributed by atoms with E-state index in [0.29, 0.717) is 24.0 Å². The predicted octanol–water partition coefficient (Wildman–Crippen LogP) is -0.233. The van der Waals surface area contributed by atoms with Gasteiger partial charge in [-0.2, -0.15) is 0 Å². The van der Waals surface area contributed by atoms with Gasteiger partial charge in [0.25, 0.3) is 0 Å². The summed E-state index contributed by atoms with van der Waals surface area (Å²) in [5.41, 5.74) is 1.20. The molecule has 1 fully saturated rings. The molecule has 0 bridgehead atoms. The summed E-state index contributed by atoms with van der Waals surface area (Å²) in [5.74, 6) is 0.00396. The van der Waals surface area contributed by atoms with Crippen LogP contribution >= 0.6 is 0 Å². The predicted molar refractivity (Wildman–Crippen MR) is 99.7 cm³/mol. The first-order valence-corrected chi connectivity index (χ1v) is 9.10. The van der Waals surface area contributed by atoms with Crippen LogP contribution in [0.3, 0.4) is 0 Å². The van der Waals surface area contributed by atoms with Gasteiger partial charge in [-0.1, -0.05) is 12.1 Å². The number of benzene rings is 2. The average molecular weight is 408 g/mol. The molecule has 2 aromatic rings. The lowest BCUT2D eigenvalue weighted by Crippen LogP contribution is -2.60. The number of aliphatic hydroxyl groups is 4. The molecule has 1 aliphatic heterocycles. The molecule has 3 rings (SSSR count). The van der Waals surface area contributed by atoms with Crippen molar-refractivity contribution in [2.24, 2.45) is 0 Å². The Morgan fingerprint density at radius 1 is 0.793 bits per heavy atom. The van der Waals surface area contributed by atoms with E-state index in [2.05, 4.69) is 0 Å². The molecular weight excluding hydrogens is 384 g/mol. The molecule has 2 aromatic carbocycles. The van der Waals surface area contributed by atoms with Crippen molar-refractivity contribution >= 4 is 0 Å². The summed E-state index contributed by atoms with van der Waals surface area (Å²) in [6, 6.07) is 8.75. The fourth-order valence-electron chi connectivity index (χ4n) is 3.16. The Balaban J connectivity index is 1.66. The lowest BCUT2D eigenvalue weighted by Gasteiger charge is -2.39. The molecular formula is C20H24O9. The third-order valence-corrected chi connectivity index (χ3v) is 4.89. The van der Waals surface area contributed by atoms with Gasteiger partial charge < -0.3 is 45.2 Å². The van der Waals surface area contributed by atoms with E-state index < -0.39 is 37.3 Å². The Labute approximate surface area is 166 Å². The van der Waals surface area contributed by atoms with Crippen molar-refractivity contribution in [2.45, 2.75) is 43.5 Å². The fourth-order valence-corrected chi connectivity index (χ4v) is 3.16. The Bertz CT molecular complexity index is 839. The van der Waals surface area contributed by atoms with Crippen molar-refractivity contribution in [3.8, 4) is 23.0 Å². The van der Waals surface area contributed by atoms with E-state index in [4.69, 9.17) is 9.47 Å². The SMILES string of the molecule is OC[C@H]1O[C@@H](Oc2ccc(CCc3ccc(O)cc3O)c(O)c2)[C@H](O)[C@@H](O)[C@@H]1O. The third-order valence-electron chi connectivity index (χ3n) is 4.89. The first-order valence-electron chi connectivity index (χ1n) is 9.10. The number of rotatable bonds is 6. The van der Waals surface area contributed by atoms with Crippen LogP contribution in [0.5, 0.6) is 23.0 Å². The highest BCUT2D eigenvalue weighted by atomic mass is 16.7. The van der Waals surface area contributed by atoms with Crippen molar-refractivity contribution in [3.63, 3.8) is 0 Å². The highest BCUT2D eigenvalue weighted by Crippen LogP contribution is 2.30. The molecule has 1 heterocycles. The Hall–Kier alpha value is -2.56. The van der Waals surface area contributed by atoms with Gasteiger partial charge >= 0.3 is 0 Å². The molecule has 29 heavy (non-hydrogen) atoms. The Morgan fingerprint density at radius 2 is 1.41 bits per heavy atom. The van der Waals surface area contributed by atoms with E-state index in [0.717, 1.165) is 0 Å². The van der Waals surface area contributed by atoms with Crippen molar-refractivity contribution in [1.29, 1.82) is 0 Å². The minimum atomic E-state index is -1.56. The second-order valence-corrected chi connectivity index (χ2v) is 6.92. The molecule has 5 atom stereocenters. The van der Waals surface area contributed by atoms with Gasteiger partial charge in [0.15, 0.2) is 0 Å². The van der Waals surface area contributed by atoms with E-state index in [1.807, 2.05) is 0 Å². The van der Waals surface area contributed by atoms with Crippen LogP contribution < -0.4 is 4.74 Å². The number of aliphatic hydroxyl groups excluding tert-OH is 4. The zero-order chi connectivity index (χ0) is 21.1. The molecule has 0 saturated carbocycles. The Morgan fingerprint density at radius 3 is 2.00 bits per heavy atom. The zero-order valence-electron chi connectivity index (χ0n) is 15.4. The van der Waals surface area contributed by atoms with Gasteiger partial charge in [0.2, 0.25) is 6.29 Å². The number of phenols is 3. The van der Waals surface area contributed by atoms with Crippen molar-refractivity contribution in [2.75, 3.05) is 6.61 Å². The van der Waals surface area contributed by atoms with Gasteiger partial charge in [0, 0.05) is 12.1 Å². The van der Waals surface area contributed by atoms with Crippen LogP contribution in [-0.2, 0) is 17.6 Å². The third kappa shape index (κ3) is 4.72. The number of hydrogen-bond donors (Lipinski definition) is 7. The molecule has 7 N–H and O–H groups in total. The van der Waals surface area contributed by atoms with Crippen LogP contribution in [0.4, 0.5) is 0 Å². The van der Waals surface area contributed by atoms with Crippen molar-refractivity contribution < 1.29 is 45.2 Å². The molecule has 9 nitrogen and oxygen atoms in total. The van der Waals surface area contributed by atoms with Gasteiger partial charge in [-0.05, 0) is 36.1 Å². The summed E-state index contributed by atoms with van der Waals surface area (Å²) >= 11 is 0. The fraction of sp³-hybridized carbons (Fsp3) is 0.400. The van der Waals surface area contributed by atoms with Gasteiger partial charge in [-0.25, -0.2) is 0 Å². The number of ether oxygens (including phenoxy) is 2. The van der Waals surface area contributed by atoms with Crippen LogP contribution in [-0.4, -0.2) is 73.1 Å². The summed E-state index contributed by atoms with van der Waals surface area (Å²) in [5, 5.41) is 68.2. The van der Waals surface area contributed by atoms with Gasteiger partial charge in [0.05, 0.1) is 6.61 Å². The molecule has 0 unspecified atom stereocenters. The van der Waals surface area contributed by atoms with Crippen molar-refractivity contribution in [1.82, 2.24) is 0 Å². The molecule has 0 spiro atoms. The number of hydrogen-bond acceptors (Lipinski definition) is 9. The lowest BCUT2D eigenvalue weighted by atomic mass is 9.99. The normalized spacial score (nSPS) is 27.0. The van der Waals surface area contributed by atoms with E-state index >= 15 is 0 Å². The maximum Gasteiger partial charge on any atom is 0.229 e. The molecule has 0 amide bonds. The van der Waals surface area contributed by atoms with Crippen molar-refractivity contribution in [3.05, 3.63) is 47.5 Å². The van der Waals surface area contributed by atoms with E-state index in [9.17, 15) is 35.7 Å². The maximum atomic E-state index is 10.3. The second-order valence-electron chi connectivity index (χ2n) is 6.92. The van der Waals surface area contributed by atoms with Crippen LogP contribution in [0.2, 0.25) is 0 Å². The van der Waals surface area contributed by atoms with Crippen LogP contribution in [0.25, 0.3) is 0 Å². The topological polar surface area (TPSA) is 160 Å². The maximum absolute atomic E-state index is 10.3. The molecule has 0 aromatic heterocycles. The monoisotopic (exact) mass is 408 g/mol. The van der Waals surface area contributed by atoms with Gasteiger partial charge in [-0.15, -0.1) is 0 Å². The first kappa shape index (κ1) is 21.2. The van der Waals surface area contributed by atoms with Crippen LogP contribution in [0.1, 0.15) is 11.1 Å². The summed E-state index contributed by atoms with van der Waals surface area (Å²) in [6.45, 7) is -0.570. The van der Waals surface area contributed by atoms with E-state index in [1.54, 1.807) is 12.1 Å². The van der Waals surface area contributed by atoms with Gasteiger partial charge in [-0.3, -0.25) is 0 Å². The van der Waals surface area contributed by atoms with Crippen LogP contribution in [0, 0.1) is 0 Å². The lowest BCUT2D eigenvalue weighted by molar-refractivity contribution is -0.277. The van der Waals surface area contributed by atoms with E-state index in [-0.39, 0.29) is 23.0 Å². The summed E-state index contributed by atoms with van der Waals surface area (Å²) in [4.78, 5) is 0. The van der Waals surface area contributed by atoms with Crippen LogP contribution in [0.15, 0.2) is 36.4 Å². The molecule has 0 radical (unpaired) electrons. The molecule has 9 heteroatoms. The first-order chi connectivity index (χ1) is 13.8.